The van der Waals surface area contributed by atoms with Gasteiger partial charge in [0.05, 0.1) is 17.0 Å². The third kappa shape index (κ3) is 4.84. The van der Waals surface area contributed by atoms with Crippen molar-refractivity contribution < 1.29 is 4.79 Å². The Balaban J connectivity index is 0.00000140. The number of likely N-dealkylation sites (tertiary alicyclic amines) is 1. The summed E-state index contributed by atoms with van der Waals surface area (Å²) in [4.78, 5) is 22.2. The van der Waals surface area contributed by atoms with E-state index in [-0.39, 0.29) is 30.7 Å². The Kier molecular flexibility index (Phi) is 8.25. The lowest BCUT2D eigenvalue weighted by atomic mass is 10.1. The molecule has 1 atom stereocenters. The van der Waals surface area contributed by atoms with E-state index in [4.69, 9.17) is 0 Å². The Labute approximate surface area is 179 Å². The molecule has 0 aliphatic carbocycles. The fourth-order valence-electron chi connectivity index (χ4n) is 4.00. The zero-order valence-electron chi connectivity index (χ0n) is 16.1. The molecule has 0 radical (unpaired) electrons. The molecule has 152 valence electrons. The van der Waals surface area contributed by atoms with Crippen molar-refractivity contribution in [3.8, 4) is 11.3 Å². The van der Waals surface area contributed by atoms with Crippen LogP contribution >= 0.6 is 24.8 Å². The van der Waals surface area contributed by atoms with E-state index in [1.165, 1.54) is 0 Å². The zero-order valence-corrected chi connectivity index (χ0v) is 17.8. The van der Waals surface area contributed by atoms with Gasteiger partial charge in [0.1, 0.15) is 0 Å². The second kappa shape index (κ2) is 10.2. The van der Waals surface area contributed by atoms with Crippen molar-refractivity contribution in [2.75, 3.05) is 39.3 Å². The summed E-state index contributed by atoms with van der Waals surface area (Å²) in [5.41, 5.74) is 3.53. The first-order valence-electron chi connectivity index (χ1n) is 9.49. The van der Waals surface area contributed by atoms with Gasteiger partial charge in [-0.05, 0) is 25.5 Å². The highest BCUT2D eigenvalue weighted by Gasteiger charge is 2.31. The van der Waals surface area contributed by atoms with Crippen LogP contribution in [0.1, 0.15) is 22.5 Å². The highest BCUT2D eigenvalue weighted by molar-refractivity contribution is 5.95. The van der Waals surface area contributed by atoms with E-state index in [2.05, 4.69) is 15.2 Å². The van der Waals surface area contributed by atoms with Gasteiger partial charge in [-0.25, -0.2) is 0 Å². The highest BCUT2D eigenvalue weighted by atomic mass is 35.5. The van der Waals surface area contributed by atoms with Crippen molar-refractivity contribution in [1.29, 1.82) is 0 Å². The number of nitrogens with one attached hydrogen (secondary N) is 1. The van der Waals surface area contributed by atoms with Gasteiger partial charge in [0.2, 0.25) is 0 Å². The molecule has 1 aromatic carbocycles. The number of hydrogen-bond acceptors (Lipinski definition) is 4. The number of rotatable bonds is 3. The van der Waals surface area contributed by atoms with Gasteiger partial charge in [0.15, 0.2) is 0 Å². The summed E-state index contributed by atoms with van der Waals surface area (Å²) in [7, 11) is 0. The smallest absolute Gasteiger partial charge is 0.255 e. The number of carbonyl (C=O) groups excluding carboxylic acids is 1. The molecule has 28 heavy (non-hydrogen) atoms. The van der Waals surface area contributed by atoms with Gasteiger partial charge in [-0.2, -0.15) is 0 Å². The third-order valence-corrected chi connectivity index (χ3v) is 5.50. The van der Waals surface area contributed by atoms with Crippen LogP contribution < -0.4 is 5.32 Å². The number of carbonyl (C=O) groups is 1. The minimum Gasteiger partial charge on any atom is -0.337 e. The number of halogens is 2. The molecule has 1 amide bonds. The number of piperazine rings is 1. The number of pyridine rings is 1. The average molecular weight is 423 g/mol. The van der Waals surface area contributed by atoms with Gasteiger partial charge < -0.3 is 10.2 Å². The Hall–Kier alpha value is -1.66. The summed E-state index contributed by atoms with van der Waals surface area (Å²) < 4.78 is 0. The lowest BCUT2D eigenvalue weighted by Crippen LogP contribution is -2.49. The van der Waals surface area contributed by atoms with Gasteiger partial charge >= 0.3 is 0 Å². The van der Waals surface area contributed by atoms with Gasteiger partial charge in [-0.1, -0.05) is 30.3 Å². The van der Waals surface area contributed by atoms with Gasteiger partial charge in [0.25, 0.3) is 5.91 Å². The lowest BCUT2D eigenvalue weighted by molar-refractivity contribution is 0.0772. The molecule has 0 spiro atoms. The normalized spacial score (nSPS) is 19.6. The minimum atomic E-state index is 0. The second-order valence-corrected chi connectivity index (χ2v) is 7.18. The van der Waals surface area contributed by atoms with E-state index in [0.29, 0.717) is 6.04 Å². The standard InChI is InChI=1S/C21H26N4O.2ClH/c1-16-19(7-8-20(23-16)17-5-3-2-4-6-17)21(26)25-12-9-18(15-25)24-13-10-22-11-14-24;;/h2-8,18,22H,9-15H2,1H3;2*1H. The maximum atomic E-state index is 13.0. The Bertz CT molecular complexity index is 781. The van der Waals surface area contributed by atoms with Crippen LogP contribution in [0.4, 0.5) is 0 Å². The van der Waals surface area contributed by atoms with E-state index in [1.54, 1.807) is 0 Å². The van der Waals surface area contributed by atoms with Gasteiger partial charge in [-0.3, -0.25) is 14.7 Å². The number of amides is 1. The van der Waals surface area contributed by atoms with Crippen molar-refractivity contribution in [2.24, 2.45) is 0 Å². The average Bonchev–Trinajstić information content (AvgIpc) is 3.19. The molecular weight excluding hydrogens is 395 g/mol. The van der Waals surface area contributed by atoms with Crippen molar-refractivity contribution in [2.45, 2.75) is 19.4 Å². The molecular formula is C21H28Cl2N4O. The number of aryl methyl sites for hydroxylation is 1. The predicted molar refractivity (Wildman–Crippen MR) is 118 cm³/mol. The summed E-state index contributed by atoms with van der Waals surface area (Å²) in [6, 6.07) is 14.5. The predicted octanol–water partition coefficient (Wildman–Crippen LogP) is 3.02. The SMILES string of the molecule is Cc1nc(-c2ccccc2)ccc1C(=O)N1CCC(N2CCNCC2)C1.Cl.Cl. The molecule has 2 aromatic rings. The van der Waals surface area contributed by atoms with Crippen LogP contribution in [0.3, 0.4) is 0 Å². The Morgan fingerprint density at radius 1 is 1.04 bits per heavy atom. The molecule has 1 N–H and O–H groups in total. The first kappa shape index (κ1) is 22.6. The lowest BCUT2D eigenvalue weighted by Gasteiger charge is -2.32. The summed E-state index contributed by atoms with van der Waals surface area (Å²) in [6.07, 6.45) is 1.07. The molecule has 2 fully saturated rings. The van der Waals surface area contributed by atoms with E-state index < -0.39 is 0 Å². The summed E-state index contributed by atoms with van der Waals surface area (Å²) in [6.45, 7) is 7.87. The number of nitrogens with zero attached hydrogens (tertiary/aromatic N) is 3. The topological polar surface area (TPSA) is 48.5 Å². The maximum absolute atomic E-state index is 13.0. The van der Waals surface area contributed by atoms with Crippen molar-refractivity contribution in [3.63, 3.8) is 0 Å². The van der Waals surface area contributed by atoms with Gasteiger partial charge in [-0.15, -0.1) is 24.8 Å². The van der Waals surface area contributed by atoms with Crippen LogP contribution in [0, 0.1) is 6.92 Å². The molecule has 7 heteroatoms. The van der Waals surface area contributed by atoms with Crippen LogP contribution in [-0.2, 0) is 0 Å². The molecule has 2 saturated heterocycles. The highest BCUT2D eigenvalue weighted by Crippen LogP contribution is 2.22. The molecule has 4 rings (SSSR count). The van der Waals surface area contributed by atoms with E-state index in [9.17, 15) is 4.79 Å². The fraction of sp³-hybridized carbons (Fsp3) is 0.429. The Morgan fingerprint density at radius 3 is 2.43 bits per heavy atom. The maximum Gasteiger partial charge on any atom is 0.255 e. The zero-order chi connectivity index (χ0) is 17.9. The number of hydrogen-bond donors (Lipinski definition) is 1. The fourth-order valence-corrected chi connectivity index (χ4v) is 4.00. The van der Waals surface area contributed by atoms with E-state index in [1.807, 2.05) is 54.3 Å². The summed E-state index contributed by atoms with van der Waals surface area (Å²) in [5, 5.41) is 3.39. The minimum absolute atomic E-state index is 0. The van der Waals surface area contributed by atoms with Crippen molar-refractivity contribution in [1.82, 2.24) is 20.1 Å². The summed E-state index contributed by atoms with van der Waals surface area (Å²) >= 11 is 0. The van der Waals surface area contributed by atoms with Gasteiger partial charge in [0, 0.05) is 50.9 Å². The largest absolute Gasteiger partial charge is 0.337 e. The van der Waals surface area contributed by atoms with E-state index in [0.717, 1.165) is 68.2 Å². The first-order valence-corrected chi connectivity index (χ1v) is 9.49. The van der Waals surface area contributed by atoms with Crippen LogP contribution in [0.5, 0.6) is 0 Å². The quantitative estimate of drug-likeness (QED) is 0.825. The Morgan fingerprint density at radius 2 is 1.75 bits per heavy atom. The molecule has 0 bridgehead atoms. The van der Waals surface area contributed by atoms with Crippen LogP contribution in [0.2, 0.25) is 0 Å². The number of aromatic nitrogens is 1. The van der Waals surface area contributed by atoms with Crippen LogP contribution in [-0.4, -0.2) is 66.0 Å². The third-order valence-electron chi connectivity index (χ3n) is 5.50. The van der Waals surface area contributed by atoms with Crippen molar-refractivity contribution in [3.05, 3.63) is 53.7 Å². The molecule has 3 heterocycles. The second-order valence-electron chi connectivity index (χ2n) is 7.18. The molecule has 2 aliphatic heterocycles. The van der Waals surface area contributed by atoms with E-state index >= 15 is 0 Å². The summed E-state index contributed by atoms with van der Waals surface area (Å²) in [5.74, 6) is 0.118. The molecule has 1 unspecified atom stereocenters. The molecule has 0 saturated carbocycles. The van der Waals surface area contributed by atoms with Crippen LogP contribution in [0.15, 0.2) is 42.5 Å². The van der Waals surface area contributed by atoms with Crippen molar-refractivity contribution >= 4 is 30.7 Å². The molecule has 2 aliphatic rings. The first-order chi connectivity index (χ1) is 12.7. The van der Waals surface area contributed by atoms with Crippen LogP contribution in [0.25, 0.3) is 11.3 Å². The number of benzene rings is 1. The molecule has 1 aromatic heterocycles. The molecule has 5 nitrogen and oxygen atoms in total. The monoisotopic (exact) mass is 422 g/mol.